The first-order valence-electron chi connectivity index (χ1n) is 6.80. The van der Waals surface area contributed by atoms with Gasteiger partial charge in [-0.25, -0.2) is 4.39 Å². The summed E-state index contributed by atoms with van der Waals surface area (Å²) in [6.45, 7) is 4.56. The van der Waals surface area contributed by atoms with Crippen LogP contribution in [0, 0.1) is 5.82 Å². The molecule has 104 valence electrons. The van der Waals surface area contributed by atoms with Crippen LogP contribution in [0.15, 0.2) is 24.3 Å². The maximum atomic E-state index is 12.8. The lowest BCUT2D eigenvalue weighted by molar-refractivity contribution is -0.119. The molecule has 0 aliphatic carbocycles. The van der Waals surface area contributed by atoms with Crippen LogP contribution in [0.1, 0.15) is 12.0 Å². The van der Waals surface area contributed by atoms with Crippen molar-refractivity contribution < 1.29 is 9.18 Å². The first-order chi connectivity index (χ1) is 9.13. The summed E-state index contributed by atoms with van der Waals surface area (Å²) in [6.07, 6.45) is 1.51. The molecule has 4 heteroatoms. The summed E-state index contributed by atoms with van der Waals surface area (Å²) >= 11 is 0. The Kier molecular flexibility index (Phi) is 5.05. The van der Waals surface area contributed by atoms with Crippen LogP contribution in [0.25, 0.3) is 0 Å². The van der Waals surface area contributed by atoms with E-state index in [2.05, 4.69) is 16.8 Å². The van der Waals surface area contributed by atoms with E-state index < -0.39 is 0 Å². The molecule has 0 bridgehead atoms. The van der Waals surface area contributed by atoms with Crippen LogP contribution in [-0.2, 0) is 11.2 Å². The van der Waals surface area contributed by atoms with Crippen molar-refractivity contribution in [3.05, 3.63) is 35.6 Å². The van der Waals surface area contributed by atoms with Gasteiger partial charge in [0.05, 0.1) is 6.54 Å². The highest BCUT2D eigenvalue weighted by molar-refractivity contribution is 5.82. The Morgan fingerprint density at radius 3 is 2.63 bits per heavy atom. The Hall–Kier alpha value is -1.26. The summed E-state index contributed by atoms with van der Waals surface area (Å²) in [5, 5.41) is 0. The van der Waals surface area contributed by atoms with E-state index in [1.807, 2.05) is 0 Å². The standard InChI is InChI=1S/C15H21FN2O/c1-17-7-2-8-18(10-9-17)12-15(19)11-13-3-5-14(16)6-4-13/h3-6H,2,7-12H2,1H3. The van der Waals surface area contributed by atoms with Crippen LogP contribution < -0.4 is 0 Å². The van der Waals surface area contributed by atoms with E-state index in [4.69, 9.17) is 0 Å². The SMILES string of the molecule is CN1CCCN(CC(=O)Cc2ccc(F)cc2)CC1. The molecular weight excluding hydrogens is 243 g/mol. The number of rotatable bonds is 4. The van der Waals surface area contributed by atoms with Gasteiger partial charge in [-0.05, 0) is 44.3 Å². The summed E-state index contributed by atoms with van der Waals surface area (Å²) in [6, 6.07) is 6.18. The highest BCUT2D eigenvalue weighted by Crippen LogP contribution is 2.06. The van der Waals surface area contributed by atoms with Crippen molar-refractivity contribution in [1.82, 2.24) is 9.80 Å². The Morgan fingerprint density at radius 1 is 1.16 bits per heavy atom. The van der Waals surface area contributed by atoms with Crippen molar-refractivity contribution in [2.45, 2.75) is 12.8 Å². The maximum absolute atomic E-state index is 12.8. The summed E-state index contributed by atoms with van der Waals surface area (Å²) in [4.78, 5) is 16.5. The topological polar surface area (TPSA) is 23.6 Å². The number of nitrogens with zero attached hydrogens (tertiary/aromatic N) is 2. The van der Waals surface area contributed by atoms with Crippen molar-refractivity contribution in [1.29, 1.82) is 0 Å². The molecule has 2 rings (SSSR count). The molecule has 1 fully saturated rings. The number of ketones is 1. The average molecular weight is 264 g/mol. The van der Waals surface area contributed by atoms with Gasteiger partial charge in [0.25, 0.3) is 0 Å². The van der Waals surface area contributed by atoms with Gasteiger partial charge in [0.2, 0.25) is 0 Å². The van der Waals surface area contributed by atoms with Gasteiger partial charge in [0, 0.05) is 19.5 Å². The monoisotopic (exact) mass is 264 g/mol. The quantitative estimate of drug-likeness (QED) is 0.825. The van der Waals surface area contributed by atoms with Crippen molar-refractivity contribution in [3.63, 3.8) is 0 Å². The van der Waals surface area contributed by atoms with Crippen LogP contribution in [0.5, 0.6) is 0 Å². The predicted molar refractivity (Wildman–Crippen MR) is 73.7 cm³/mol. The van der Waals surface area contributed by atoms with Crippen molar-refractivity contribution in [3.8, 4) is 0 Å². The molecule has 0 spiro atoms. The highest BCUT2D eigenvalue weighted by Gasteiger charge is 2.15. The molecule has 0 amide bonds. The number of hydrogen-bond donors (Lipinski definition) is 0. The fourth-order valence-corrected chi connectivity index (χ4v) is 2.39. The van der Waals surface area contributed by atoms with Gasteiger partial charge in [-0.3, -0.25) is 9.69 Å². The minimum atomic E-state index is -0.258. The number of likely N-dealkylation sites (N-methyl/N-ethyl adjacent to an activating group) is 1. The lowest BCUT2D eigenvalue weighted by Gasteiger charge is -2.19. The molecular formula is C15H21FN2O. The van der Waals surface area contributed by atoms with Gasteiger partial charge in [-0.2, -0.15) is 0 Å². The predicted octanol–water partition coefficient (Wildman–Crippen LogP) is 1.57. The van der Waals surface area contributed by atoms with Gasteiger partial charge in [0.1, 0.15) is 5.82 Å². The zero-order valence-corrected chi connectivity index (χ0v) is 11.4. The molecule has 1 saturated heterocycles. The number of carbonyl (C=O) groups excluding carboxylic acids is 1. The van der Waals surface area contributed by atoms with Crippen molar-refractivity contribution >= 4 is 5.78 Å². The second-order valence-electron chi connectivity index (χ2n) is 5.27. The fourth-order valence-electron chi connectivity index (χ4n) is 2.39. The molecule has 0 saturated carbocycles. The minimum absolute atomic E-state index is 0.205. The highest BCUT2D eigenvalue weighted by atomic mass is 19.1. The number of hydrogen-bond acceptors (Lipinski definition) is 3. The molecule has 1 aliphatic rings. The molecule has 0 radical (unpaired) electrons. The molecule has 0 atom stereocenters. The van der Waals surface area contributed by atoms with E-state index in [1.54, 1.807) is 12.1 Å². The number of benzene rings is 1. The zero-order chi connectivity index (χ0) is 13.7. The molecule has 1 aromatic rings. The lowest BCUT2D eigenvalue weighted by Crippen LogP contribution is -2.34. The fraction of sp³-hybridized carbons (Fsp3) is 0.533. The second-order valence-corrected chi connectivity index (χ2v) is 5.27. The first kappa shape index (κ1) is 14.2. The van der Waals surface area contributed by atoms with E-state index in [0.29, 0.717) is 13.0 Å². The molecule has 0 unspecified atom stereocenters. The maximum Gasteiger partial charge on any atom is 0.151 e. The summed E-state index contributed by atoms with van der Waals surface area (Å²) in [7, 11) is 2.11. The van der Waals surface area contributed by atoms with Crippen LogP contribution >= 0.6 is 0 Å². The summed E-state index contributed by atoms with van der Waals surface area (Å²) < 4.78 is 12.8. The third-order valence-corrected chi connectivity index (χ3v) is 3.53. The van der Waals surface area contributed by atoms with E-state index in [1.165, 1.54) is 12.1 Å². The van der Waals surface area contributed by atoms with Crippen LogP contribution in [-0.4, -0.2) is 55.4 Å². The van der Waals surface area contributed by atoms with Gasteiger partial charge < -0.3 is 4.90 Å². The van der Waals surface area contributed by atoms with E-state index >= 15 is 0 Å². The normalized spacial score (nSPS) is 18.2. The van der Waals surface area contributed by atoms with Gasteiger partial charge in [0.15, 0.2) is 5.78 Å². The Labute approximate surface area is 114 Å². The molecule has 1 aliphatic heterocycles. The molecule has 1 heterocycles. The van der Waals surface area contributed by atoms with Gasteiger partial charge >= 0.3 is 0 Å². The van der Waals surface area contributed by atoms with Crippen molar-refractivity contribution in [2.24, 2.45) is 0 Å². The van der Waals surface area contributed by atoms with Gasteiger partial charge in [-0.15, -0.1) is 0 Å². The number of carbonyl (C=O) groups is 1. The smallest absolute Gasteiger partial charge is 0.151 e. The Bertz CT molecular complexity index is 419. The number of Topliss-reactive ketones (excluding diaryl/α,β-unsaturated/α-hetero) is 1. The largest absolute Gasteiger partial charge is 0.305 e. The van der Waals surface area contributed by atoms with Crippen LogP contribution in [0.4, 0.5) is 4.39 Å². The Morgan fingerprint density at radius 2 is 1.89 bits per heavy atom. The summed E-state index contributed by atoms with van der Waals surface area (Å²) in [5.41, 5.74) is 0.887. The first-order valence-corrected chi connectivity index (χ1v) is 6.80. The molecule has 19 heavy (non-hydrogen) atoms. The molecule has 0 N–H and O–H groups in total. The Balaban J connectivity index is 1.82. The van der Waals surface area contributed by atoms with E-state index in [0.717, 1.165) is 38.2 Å². The molecule has 3 nitrogen and oxygen atoms in total. The average Bonchev–Trinajstić information content (AvgIpc) is 2.57. The zero-order valence-electron chi connectivity index (χ0n) is 11.4. The molecule has 1 aromatic carbocycles. The summed E-state index contributed by atoms with van der Waals surface area (Å²) in [5.74, 6) is -0.0529. The minimum Gasteiger partial charge on any atom is -0.305 e. The second kappa shape index (κ2) is 6.78. The third kappa shape index (κ3) is 4.73. The van der Waals surface area contributed by atoms with E-state index in [-0.39, 0.29) is 11.6 Å². The molecule has 0 aromatic heterocycles. The van der Waals surface area contributed by atoms with Crippen molar-refractivity contribution in [2.75, 3.05) is 39.8 Å². The van der Waals surface area contributed by atoms with Crippen LogP contribution in [0.2, 0.25) is 0 Å². The van der Waals surface area contributed by atoms with Crippen LogP contribution in [0.3, 0.4) is 0 Å². The van der Waals surface area contributed by atoms with E-state index in [9.17, 15) is 9.18 Å². The third-order valence-electron chi connectivity index (χ3n) is 3.53. The lowest BCUT2D eigenvalue weighted by atomic mass is 10.1. The van der Waals surface area contributed by atoms with Gasteiger partial charge in [-0.1, -0.05) is 12.1 Å². The number of halogens is 1.